The molecule has 0 spiro atoms. The second-order valence-electron chi connectivity index (χ2n) is 5.54. The van der Waals surface area contributed by atoms with Crippen molar-refractivity contribution < 1.29 is 23.9 Å². The first-order chi connectivity index (χ1) is 11.6. The number of hydrogen-bond donors (Lipinski definition) is 2. The maximum Gasteiger partial charge on any atom is 0.260 e. The molecule has 132 valence electrons. The topological polar surface area (TPSA) is 93.8 Å². The lowest BCUT2D eigenvalue weighted by Gasteiger charge is -2.23. The number of aliphatic hydroxyl groups is 1. The van der Waals surface area contributed by atoms with Gasteiger partial charge in [0.2, 0.25) is 0 Å². The van der Waals surface area contributed by atoms with Gasteiger partial charge in [0.1, 0.15) is 11.9 Å². The van der Waals surface area contributed by atoms with E-state index < -0.39 is 12.0 Å². The van der Waals surface area contributed by atoms with Crippen molar-refractivity contribution in [3.8, 4) is 5.88 Å². The number of allylic oxidation sites excluding steroid dienone is 2. The fraction of sp³-hybridized carbons (Fsp3) is 0.529. The van der Waals surface area contributed by atoms with Crippen molar-refractivity contribution in [3.05, 3.63) is 35.3 Å². The van der Waals surface area contributed by atoms with E-state index in [1.807, 2.05) is 0 Å². The summed E-state index contributed by atoms with van der Waals surface area (Å²) in [6, 6.07) is 0. The highest BCUT2D eigenvalue weighted by Gasteiger charge is 2.33. The summed E-state index contributed by atoms with van der Waals surface area (Å²) < 4.78 is 16.2. The van der Waals surface area contributed by atoms with Gasteiger partial charge in [-0.2, -0.15) is 0 Å². The second-order valence-corrected chi connectivity index (χ2v) is 5.54. The zero-order valence-electron chi connectivity index (χ0n) is 14.2. The summed E-state index contributed by atoms with van der Waals surface area (Å²) >= 11 is 0. The number of aliphatic hydroxyl groups excluding tert-OH is 1. The number of rotatable bonds is 9. The highest BCUT2D eigenvalue weighted by Crippen LogP contribution is 2.38. The summed E-state index contributed by atoms with van der Waals surface area (Å²) in [7, 11) is 3.24. The molecule has 1 aromatic rings. The number of ketones is 1. The zero-order chi connectivity index (χ0) is 17.5. The largest absolute Gasteiger partial charge is 0.500 e. The van der Waals surface area contributed by atoms with Gasteiger partial charge in [-0.05, 0) is 24.7 Å². The molecule has 2 N–H and O–H groups in total. The van der Waals surface area contributed by atoms with Crippen LogP contribution in [0, 0.1) is 5.92 Å². The maximum absolute atomic E-state index is 11.5. The molecule has 24 heavy (non-hydrogen) atoms. The lowest BCUT2D eigenvalue weighted by molar-refractivity contribution is -0.110. The van der Waals surface area contributed by atoms with Crippen molar-refractivity contribution in [2.45, 2.75) is 32.4 Å². The van der Waals surface area contributed by atoms with E-state index >= 15 is 0 Å². The average molecular weight is 336 g/mol. The molecule has 7 heteroatoms. The third kappa shape index (κ3) is 4.04. The average Bonchev–Trinajstić information content (AvgIpc) is 2.97. The summed E-state index contributed by atoms with van der Waals surface area (Å²) in [6.45, 7) is 2.96. The Morgan fingerprint density at radius 1 is 1.50 bits per heavy atom. The van der Waals surface area contributed by atoms with Gasteiger partial charge in [-0.25, -0.2) is 0 Å². The number of carbonyl (C=O) groups excluding carboxylic acids is 1. The minimum absolute atomic E-state index is 0.171. The third-order valence-corrected chi connectivity index (χ3v) is 3.80. The van der Waals surface area contributed by atoms with Gasteiger partial charge < -0.3 is 24.4 Å². The predicted octanol–water partition coefficient (Wildman–Crippen LogP) is 1.89. The maximum atomic E-state index is 11.5. The van der Waals surface area contributed by atoms with Crippen molar-refractivity contribution in [2.24, 2.45) is 5.92 Å². The van der Waals surface area contributed by atoms with Crippen LogP contribution in [0.25, 0.3) is 0 Å². The molecule has 0 bridgehead atoms. The number of methoxy groups -OCH3 is 1. The normalized spacial score (nSPS) is 18.4. The van der Waals surface area contributed by atoms with Gasteiger partial charge in [-0.1, -0.05) is 19.4 Å². The summed E-state index contributed by atoms with van der Waals surface area (Å²) in [5.41, 5.74) is 0.479. The van der Waals surface area contributed by atoms with Crippen molar-refractivity contribution in [3.63, 3.8) is 0 Å². The molecule has 0 fully saturated rings. The summed E-state index contributed by atoms with van der Waals surface area (Å²) in [5, 5.41) is 17.8. The van der Waals surface area contributed by atoms with Crippen LogP contribution >= 0.6 is 0 Å². The van der Waals surface area contributed by atoms with Crippen LogP contribution in [0.5, 0.6) is 5.88 Å². The summed E-state index contributed by atoms with van der Waals surface area (Å²) in [6.07, 6.45) is 5.29. The molecular formula is C17H24N2O5. The highest BCUT2D eigenvalue weighted by atomic mass is 16.5. The van der Waals surface area contributed by atoms with Crippen molar-refractivity contribution in [1.82, 2.24) is 10.5 Å². The monoisotopic (exact) mass is 336 g/mol. The molecule has 1 heterocycles. The number of hydrogen-bond acceptors (Lipinski definition) is 7. The first-order valence-electron chi connectivity index (χ1n) is 8.04. The summed E-state index contributed by atoms with van der Waals surface area (Å²) in [4.78, 5) is 11.5. The number of nitrogens with one attached hydrogen (secondary N) is 1. The van der Waals surface area contributed by atoms with Crippen molar-refractivity contribution >= 4 is 5.78 Å². The SMILES string of the molecule is CCCCOc1noc(CNC)c1C(O)C1C=CC(=O)C=C1OC. The molecule has 1 aliphatic carbocycles. The highest BCUT2D eigenvalue weighted by molar-refractivity contribution is 6.00. The van der Waals surface area contributed by atoms with E-state index in [2.05, 4.69) is 17.4 Å². The molecule has 7 nitrogen and oxygen atoms in total. The van der Waals surface area contributed by atoms with Crippen LogP contribution in [0.3, 0.4) is 0 Å². The molecule has 0 aromatic carbocycles. The number of ether oxygens (including phenoxy) is 2. The lowest BCUT2D eigenvalue weighted by atomic mass is 9.90. The first-order valence-corrected chi connectivity index (χ1v) is 8.04. The molecule has 1 aromatic heterocycles. The molecule has 0 saturated heterocycles. The van der Waals surface area contributed by atoms with Gasteiger partial charge in [0.05, 0.1) is 31.7 Å². The Morgan fingerprint density at radius 2 is 2.29 bits per heavy atom. The van der Waals surface area contributed by atoms with E-state index in [1.165, 1.54) is 19.3 Å². The van der Waals surface area contributed by atoms with E-state index in [4.69, 9.17) is 14.0 Å². The fourth-order valence-corrected chi connectivity index (χ4v) is 2.52. The summed E-state index contributed by atoms with van der Waals surface area (Å²) in [5.74, 6) is 0.497. The Hall–Kier alpha value is -2.12. The molecule has 0 radical (unpaired) electrons. The molecule has 0 saturated carbocycles. The van der Waals surface area contributed by atoms with Crippen LogP contribution in [-0.4, -0.2) is 36.8 Å². The van der Waals surface area contributed by atoms with Gasteiger partial charge in [-0.3, -0.25) is 4.79 Å². The molecule has 0 aliphatic heterocycles. The molecular weight excluding hydrogens is 312 g/mol. The molecule has 2 rings (SSSR count). The number of aromatic nitrogens is 1. The van der Waals surface area contributed by atoms with Crippen LogP contribution < -0.4 is 10.1 Å². The minimum Gasteiger partial charge on any atom is -0.500 e. The lowest BCUT2D eigenvalue weighted by Crippen LogP contribution is -2.20. The van der Waals surface area contributed by atoms with E-state index in [0.717, 1.165) is 12.8 Å². The van der Waals surface area contributed by atoms with Gasteiger partial charge in [0.25, 0.3) is 5.88 Å². The smallest absolute Gasteiger partial charge is 0.260 e. The van der Waals surface area contributed by atoms with Crippen molar-refractivity contribution in [1.29, 1.82) is 0 Å². The molecule has 2 unspecified atom stereocenters. The Morgan fingerprint density at radius 3 is 2.96 bits per heavy atom. The van der Waals surface area contributed by atoms with Gasteiger partial charge in [0, 0.05) is 6.08 Å². The Balaban J connectivity index is 2.30. The van der Waals surface area contributed by atoms with Gasteiger partial charge in [0.15, 0.2) is 11.5 Å². The first kappa shape index (κ1) is 18.2. The zero-order valence-corrected chi connectivity index (χ0v) is 14.2. The second kappa shape index (κ2) is 8.65. The molecule has 1 aliphatic rings. The number of unbranched alkanes of at least 4 members (excludes halogenated alkanes) is 1. The number of nitrogens with zero attached hydrogens (tertiary/aromatic N) is 1. The van der Waals surface area contributed by atoms with Crippen LogP contribution in [0.15, 0.2) is 28.5 Å². The number of carbonyl (C=O) groups is 1. The predicted molar refractivity (Wildman–Crippen MR) is 87.4 cm³/mol. The fourth-order valence-electron chi connectivity index (χ4n) is 2.52. The Kier molecular flexibility index (Phi) is 6.57. The van der Waals surface area contributed by atoms with E-state index in [-0.39, 0.29) is 11.7 Å². The van der Waals surface area contributed by atoms with E-state index in [9.17, 15) is 9.90 Å². The molecule has 2 atom stereocenters. The standard InChI is InChI=1S/C17H24N2O5/c1-4-5-8-23-17-15(14(10-18-2)24-19-17)16(21)12-7-6-11(20)9-13(12)22-3/h6-7,9,12,16,18,21H,4-5,8,10H2,1-3H3. The van der Waals surface area contributed by atoms with Crippen LogP contribution in [0.2, 0.25) is 0 Å². The Bertz CT molecular complexity index is 620. The van der Waals surface area contributed by atoms with E-state index in [0.29, 0.717) is 30.2 Å². The third-order valence-electron chi connectivity index (χ3n) is 3.80. The van der Waals surface area contributed by atoms with Gasteiger partial charge in [-0.15, -0.1) is 0 Å². The van der Waals surface area contributed by atoms with Gasteiger partial charge >= 0.3 is 0 Å². The molecule has 0 amide bonds. The Labute approximate surface area is 141 Å². The minimum atomic E-state index is -0.994. The quantitative estimate of drug-likeness (QED) is 0.665. The van der Waals surface area contributed by atoms with E-state index in [1.54, 1.807) is 13.1 Å². The van der Waals surface area contributed by atoms with Crippen LogP contribution in [0.4, 0.5) is 0 Å². The van der Waals surface area contributed by atoms with Crippen molar-refractivity contribution in [2.75, 3.05) is 20.8 Å². The van der Waals surface area contributed by atoms with Crippen LogP contribution in [-0.2, 0) is 16.1 Å². The van der Waals surface area contributed by atoms with Crippen LogP contribution in [0.1, 0.15) is 37.2 Å².